The molecule has 1 atom stereocenters. The van der Waals surface area contributed by atoms with Gasteiger partial charge in [0.25, 0.3) is 0 Å². The number of carbonyl (C=O) groups is 1. The first kappa shape index (κ1) is 18.3. The number of hydrogen-bond donors (Lipinski definition) is 1. The van der Waals surface area contributed by atoms with Gasteiger partial charge in [-0.25, -0.2) is 4.79 Å². The first-order chi connectivity index (χ1) is 9.04. The van der Waals surface area contributed by atoms with E-state index in [1.54, 1.807) is 0 Å². The van der Waals surface area contributed by atoms with E-state index in [2.05, 4.69) is 6.58 Å². The molecule has 4 nitrogen and oxygen atoms in total. The SMILES string of the molecule is C=C(CCCCCCCCCCC[P+](=O)[O-])C(=O)O. The van der Waals surface area contributed by atoms with Crippen molar-refractivity contribution in [2.45, 2.75) is 64.2 Å². The molecule has 0 saturated carbocycles. The summed E-state index contributed by atoms with van der Waals surface area (Å²) in [6.45, 7) is 3.50. The Morgan fingerprint density at radius 3 is 1.79 bits per heavy atom. The molecule has 0 aliphatic rings. The van der Waals surface area contributed by atoms with Gasteiger partial charge >= 0.3 is 14.0 Å². The minimum Gasteiger partial charge on any atom is -0.596 e. The van der Waals surface area contributed by atoms with Crippen LogP contribution in [0, 0.1) is 0 Å². The summed E-state index contributed by atoms with van der Waals surface area (Å²) in [5.41, 5.74) is 0.303. The van der Waals surface area contributed by atoms with Gasteiger partial charge in [-0.05, 0) is 25.7 Å². The standard InChI is InChI=1S/C14H25O4P/c1-13(14(15)16)11-9-7-5-3-2-4-6-8-10-12-19(17)18/h1-12H2,(H,15,16). The van der Waals surface area contributed by atoms with E-state index in [4.69, 9.17) is 5.11 Å². The van der Waals surface area contributed by atoms with Crippen LogP contribution >= 0.6 is 8.03 Å². The zero-order valence-electron chi connectivity index (χ0n) is 11.6. The molecule has 0 aromatic carbocycles. The highest BCUT2D eigenvalue weighted by Crippen LogP contribution is 2.15. The summed E-state index contributed by atoms with van der Waals surface area (Å²) in [6.07, 6.45) is 10.4. The summed E-state index contributed by atoms with van der Waals surface area (Å²) in [4.78, 5) is 20.8. The van der Waals surface area contributed by atoms with Crippen molar-refractivity contribution in [2.24, 2.45) is 0 Å². The van der Waals surface area contributed by atoms with Crippen molar-refractivity contribution in [3.05, 3.63) is 12.2 Å². The Hall–Kier alpha value is -0.730. The van der Waals surface area contributed by atoms with Crippen LogP contribution in [0.25, 0.3) is 0 Å². The molecule has 0 aromatic rings. The Bertz CT molecular complexity index is 289. The van der Waals surface area contributed by atoms with E-state index < -0.39 is 14.0 Å². The fourth-order valence-electron chi connectivity index (χ4n) is 1.92. The van der Waals surface area contributed by atoms with Crippen molar-refractivity contribution >= 4 is 14.0 Å². The maximum Gasteiger partial charge on any atom is 0.330 e. The summed E-state index contributed by atoms with van der Waals surface area (Å²) >= 11 is 0. The van der Waals surface area contributed by atoms with E-state index in [0.29, 0.717) is 18.2 Å². The third kappa shape index (κ3) is 13.5. The molecule has 0 heterocycles. The van der Waals surface area contributed by atoms with Crippen LogP contribution in [-0.4, -0.2) is 17.2 Å². The van der Waals surface area contributed by atoms with Gasteiger partial charge in [0.1, 0.15) is 6.16 Å². The van der Waals surface area contributed by atoms with Gasteiger partial charge in [0, 0.05) is 5.57 Å². The molecule has 1 unspecified atom stereocenters. The largest absolute Gasteiger partial charge is 0.596 e. The molecule has 0 spiro atoms. The van der Waals surface area contributed by atoms with E-state index in [9.17, 15) is 14.3 Å². The van der Waals surface area contributed by atoms with E-state index in [0.717, 1.165) is 44.9 Å². The Morgan fingerprint density at radius 1 is 0.947 bits per heavy atom. The van der Waals surface area contributed by atoms with Gasteiger partial charge in [-0.1, -0.05) is 49.7 Å². The molecule has 0 aliphatic heterocycles. The smallest absolute Gasteiger partial charge is 0.330 e. The number of carboxylic acid groups (broad SMARTS) is 1. The molecule has 5 heteroatoms. The molecule has 0 bridgehead atoms. The lowest BCUT2D eigenvalue weighted by molar-refractivity contribution is -0.164. The fraction of sp³-hybridized carbons (Fsp3) is 0.786. The van der Waals surface area contributed by atoms with Gasteiger partial charge < -0.3 is 10.00 Å². The van der Waals surface area contributed by atoms with E-state index >= 15 is 0 Å². The molecule has 1 N–H and O–H groups in total. The van der Waals surface area contributed by atoms with Crippen LogP contribution in [-0.2, 0) is 9.36 Å². The molecule has 0 saturated heterocycles. The van der Waals surface area contributed by atoms with Crippen LogP contribution in [0.5, 0.6) is 0 Å². The van der Waals surface area contributed by atoms with Gasteiger partial charge in [0.2, 0.25) is 0 Å². The number of aliphatic carboxylic acids is 1. The second-order valence-corrected chi connectivity index (χ2v) is 6.01. The normalized spacial score (nSPS) is 11.3. The molecule has 0 rings (SSSR count). The highest BCUT2D eigenvalue weighted by molar-refractivity contribution is 7.36. The Kier molecular flexibility index (Phi) is 11.8. The second kappa shape index (κ2) is 12.3. The number of rotatable bonds is 13. The van der Waals surface area contributed by atoms with Crippen LogP contribution in [0.4, 0.5) is 0 Å². The van der Waals surface area contributed by atoms with Gasteiger partial charge in [-0.15, -0.1) is 0 Å². The summed E-state index contributed by atoms with van der Waals surface area (Å²) in [5.74, 6) is -0.889. The van der Waals surface area contributed by atoms with Crippen molar-refractivity contribution in [1.82, 2.24) is 0 Å². The monoisotopic (exact) mass is 288 g/mol. The quantitative estimate of drug-likeness (QED) is 0.319. The van der Waals surface area contributed by atoms with Gasteiger partial charge in [-0.3, -0.25) is 0 Å². The minimum atomic E-state index is -2.19. The van der Waals surface area contributed by atoms with Crippen LogP contribution in [0.15, 0.2) is 12.2 Å². The van der Waals surface area contributed by atoms with Crippen molar-refractivity contribution < 1.29 is 19.4 Å². The van der Waals surface area contributed by atoms with Crippen molar-refractivity contribution in [1.29, 1.82) is 0 Å². The molecule has 0 radical (unpaired) electrons. The van der Waals surface area contributed by atoms with Crippen LogP contribution in [0.3, 0.4) is 0 Å². The average molecular weight is 288 g/mol. The lowest BCUT2D eigenvalue weighted by Crippen LogP contribution is -1.98. The molecular weight excluding hydrogens is 263 g/mol. The lowest BCUT2D eigenvalue weighted by atomic mass is 10.0. The maximum atomic E-state index is 10.5. The van der Waals surface area contributed by atoms with E-state index in [-0.39, 0.29) is 0 Å². The van der Waals surface area contributed by atoms with Gasteiger partial charge in [-0.2, -0.15) is 0 Å². The predicted octanol–water partition coefficient (Wildman–Crippen LogP) is 3.63. The number of hydrogen-bond acceptors (Lipinski definition) is 3. The first-order valence-electron chi connectivity index (χ1n) is 7.07. The molecule has 19 heavy (non-hydrogen) atoms. The molecule has 0 fully saturated rings. The Morgan fingerprint density at radius 2 is 1.37 bits per heavy atom. The summed E-state index contributed by atoms with van der Waals surface area (Å²) in [5, 5.41) is 8.62. The summed E-state index contributed by atoms with van der Waals surface area (Å²) < 4.78 is 10.3. The highest BCUT2D eigenvalue weighted by Gasteiger charge is 2.02. The molecule has 110 valence electrons. The van der Waals surface area contributed by atoms with E-state index in [1.807, 2.05) is 0 Å². The first-order valence-corrected chi connectivity index (χ1v) is 8.43. The average Bonchev–Trinajstić information content (AvgIpc) is 2.35. The predicted molar refractivity (Wildman–Crippen MR) is 75.4 cm³/mol. The van der Waals surface area contributed by atoms with Crippen molar-refractivity contribution in [3.8, 4) is 0 Å². The van der Waals surface area contributed by atoms with Gasteiger partial charge in [0.15, 0.2) is 0 Å². The number of unbranched alkanes of at least 4 members (excludes halogenated alkanes) is 8. The topological polar surface area (TPSA) is 77.4 Å². The number of carboxylic acids is 1. The van der Waals surface area contributed by atoms with Crippen molar-refractivity contribution in [2.75, 3.05) is 6.16 Å². The summed E-state index contributed by atoms with van der Waals surface area (Å²) in [6, 6.07) is 0. The minimum absolute atomic E-state index is 0.303. The molecular formula is C14H25O4P. The van der Waals surface area contributed by atoms with Crippen LogP contribution in [0.1, 0.15) is 64.2 Å². The Balaban J connectivity index is 3.13. The van der Waals surface area contributed by atoms with Gasteiger partial charge in [0.05, 0.1) is 0 Å². The molecule has 0 aromatic heterocycles. The second-order valence-electron chi connectivity index (χ2n) is 4.90. The highest BCUT2D eigenvalue weighted by atomic mass is 31.1. The van der Waals surface area contributed by atoms with E-state index in [1.165, 1.54) is 12.8 Å². The molecule has 0 amide bonds. The zero-order chi connectivity index (χ0) is 14.5. The summed E-state index contributed by atoms with van der Waals surface area (Å²) in [7, 11) is -2.19. The fourth-order valence-corrected chi connectivity index (χ4v) is 2.41. The maximum absolute atomic E-state index is 10.5. The van der Waals surface area contributed by atoms with Crippen molar-refractivity contribution in [3.63, 3.8) is 0 Å². The molecule has 0 aliphatic carbocycles. The Labute approximate surface area is 116 Å². The third-order valence-electron chi connectivity index (χ3n) is 3.12. The van der Waals surface area contributed by atoms with Crippen LogP contribution < -0.4 is 4.89 Å². The zero-order valence-corrected chi connectivity index (χ0v) is 12.5. The third-order valence-corrected chi connectivity index (χ3v) is 3.80. The lowest BCUT2D eigenvalue weighted by Gasteiger charge is -2.02. The van der Waals surface area contributed by atoms with Crippen LogP contribution in [0.2, 0.25) is 0 Å².